The van der Waals surface area contributed by atoms with E-state index in [9.17, 15) is 4.79 Å². The maximum Gasteiger partial charge on any atom is 0.234 e. The minimum atomic E-state index is 0.129. The van der Waals surface area contributed by atoms with E-state index in [1.165, 1.54) is 0 Å². The quantitative estimate of drug-likeness (QED) is 0.853. The summed E-state index contributed by atoms with van der Waals surface area (Å²) in [7, 11) is 0. The number of morpholine rings is 1. The molecule has 4 rings (SSSR count). The first-order valence-corrected chi connectivity index (χ1v) is 9.68. The van der Waals surface area contributed by atoms with Crippen molar-refractivity contribution in [3.05, 3.63) is 31.0 Å². The van der Waals surface area contributed by atoms with Crippen molar-refractivity contribution in [2.24, 2.45) is 0 Å². The van der Waals surface area contributed by atoms with E-state index in [-0.39, 0.29) is 11.9 Å². The average molecular weight is 370 g/mol. The van der Waals surface area contributed by atoms with E-state index in [0.29, 0.717) is 12.6 Å². The molecule has 2 aromatic heterocycles. The van der Waals surface area contributed by atoms with Gasteiger partial charge in [-0.05, 0) is 25.7 Å². The Labute approximate surface area is 158 Å². The number of nitrogens with one attached hydrogen (secondary N) is 1. The van der Waals surface area contributed by atoms with Gasteiger partial charge in [-0.3, -0.25) is 24.3 Å². The highest BCUT2D eigenvalue weighted by molar-refractivity contribution is 5.78. The third kappa shape index (κ3) is 4.70. The molecule has 8 heteroatoms. The summed E-state index contributed by atoms with van der Waals surface area (Å²) in [5.41, 5.74) is 1.83. The van der Waals surface area contributed by atoms with Crippen molar-refractivity contribution >= 4 is 5.91 Å². The number of rotatable bonds is 5. The second kappa shape index (κ2) is 8.58. The molecule has 1 saturated carbocycles. The second-order valence-corrected chi connectivity index (χ2v) is 7.26. The number of hydrogen-bond donors (Lipinski definition) is 1. The number of ether oxygens (including phenoxy) is 1. The Balaban J connectivity index is 1.25. The maximum atomic E-state index is 12.3. The van der Waals surface area contributed by atoms with Crippen LogP contribution in [0.3, 0.4) is 0 Å². The zero-order chi connectivity index (χ0) is 18.5. The second-order valence-electron chi connectivity index (χ2n) is 7.26. The van der Waals surface area contributed by atoms with Crippen LogP contribution in [-0.4, -0.2) is 69.4 Å². The van der Waals surface area contributed by atoms with E-state index in [2.05, 4.69) is 25.3 Å². The van der Waals surface area contributed by atoms with Gasteiger partial charge in [-0.2, -0.15) is 5.10 Å². The van der Waals surface area contributed by atoms with E-state index in [0.717, 1.165) is 63.2 Å². The zero-order valence-corrected chi connectivity index (χ0v) is 15.5. The molecule has 0 atom stereocenters. The van der Waals surface area contributed by atoms with Gasteiger partial charge >= 0.3 is 0 Å². The molecule has 2 aliphatic rings. The van der Waals surface area contributed by atoms with Gasteiger partial charge in [-0.15, -0.1) is 0 Å². The number of nitrogens with zero attached hydrogens (tertiary/aromatic N) is 5. The number of carbonyl (C=O) groups excluding carboxylic acids is 1. The van der Waals surface area contributed by atoms with Crippen LogP contribution >= 0.6 is 0 Å². The highest BCUT2D eigenvalue weighted by Gasteiger charge is 2.25. The molecule has 8 nitrogen and oxygen atoms in total. The molecule has 0 bridgehead atoms. The lowest BCUT2D eigenvalue weighted by atomic mass is 9.91. The summed E-state index contributed by atoms with van der Waals surface area (Å²) >= 11 is 0. The van der Waals surface area contributed by atoms with Crippen LogP contribution in [0.1, 0.15) is 31.7 Å². The lowest BCUT2D eigenvalue weighted by molar-refractivity contribution is -0.124. The molecular formula is C19H26N6O2. The number of carbonyl (C=O) groups is 1. The first kappa shape index (κ1) is 18.1. The average Bonchev–Trinajstić information content (AvgIpc) is 3.20. The predicted molar refractivity (Wildman–Crippen MR) is 99.9 cm³/mol. The molecular weight excluding hydrogens is 344 g/mol. The van der Waals surface area contributed by atoms with Crippen LogP contribution in [0.25, 0.3) is 11.3 Å². The third-order valence-electron chi connectivity index (χ3n) is 5.37. The number of amides is 1. The van der Waals surface area contributed by atoms with E-state index < -0.39 is 0 Å². The van der Waals surface area contributed by atoms with Crippen LogP contribution in [0.5, 0.6) is 0 Å². The van der Waals surface area contributed by atoms with Crippen molar-refractivity contribution < 1.29 is 9.53 Å². The van der Waals surface area contributed by atoms with Crippen molar-refractivity contribution in [2.45, 2.75) is 37.8 Å². The molecule has 1 N–H and O–H groups in total. The first-order chi connectivity index (χ1) is 13.3. The van der Waals surface area contributed by atoms with Crippen LogP contribution in [-0.2, 0) is 9.53 Å². The van der Waals surface area contributed by atoms with Gasteiger partial charge in [-0.1, -0.05) is 0 Å². The minimum Gasteiger partial charge on any atom is -0.379 e. The van der Waals surface area contributed by atoms with Gasteiger partial charge in [0.05, 0.1) is 43.9 Å². The molecule has 3 heterocycles. The molecule has 1 aliphatic heterocycles. The van der Waals surface area contributed by atoms with Crippen LogP contribution in [0.2, 0.25) is 0 Å². The van der Waals surface area contributed by atoms with Crippen molar-refractivity contribution in [3.63, 3.8) is 0 Å². The lowest BCUT2D eigenvalue weighted by Crippen LogP contribution is -2.46. The van der Waals surface area contributed by atoms with E-state index >= 15 is 0 Å². The van der Waals surface area contributed by atoms with Crippen molar-refractivity contribution in [1.82, 2.24) is 30.0 Å². The fourth-order valence-electron chi connectivity index (χ4n) is 3.84. The van der Waals surface area contributed by atoms with Gasteiger partial charge in [0.2, 0.25) is 5.91 Å². The molecule has 27 heavy (non-hydrogen) atoms. The van der Waals surface area contributed by atoms with Crippen LogP contribution in [0.15, 0.2) is 31.0 Å². The standard InChI is InChI=1S/C19H26N6O2/c26-19(14-24-7-9-27-10-8-24)23-16-1-3-17(4-2-16)25-13-15(11-22-25)18-12-20-5-6-21-18/h5-6,11-13,16-17H,1-4,7-10,14H2,(H,23,26). The molecule has 0 unspecified atom stereocenters. The highest BCUT2D eigenvalue weighted by atomic mass is 16.5. The molecule has 0 spiro atoms. The van der Waals surface area contributed by atoms with Gasteiger partial charge in [0.1, 0.15) is 0 Å². The van der Waals surface area contributed by atoms with Crippen LogP contribution in [0.4, 0.5) is 0 Å². The van der Waals surface area contributed by atoms with Crippen molar-refractivity contribution in [2.75, 3.05) is 32.8 Å². The third-order valence-corrected chi connectivity index (χ3v) is 5.37. The maximum absolute atomic E-state index is 12.3. The van der Waals surface area contributed by atoms with Gasteiger partial charge in [0, 0.05) is 43.3 Å². The number of hydrogen-bond acceptors (Lipinski definition) is 6. The summed E-state index contributed by atoms with van der Waals surface area (Å²) < 4.78 is 7.36. The van der Waals surface area contributed by atoms with Gasteiger partial charge in [0.25, 0.3) is 0 Å². The Hall–Kier alpha value is -2.32. The molecule has 144 valence electrons. The Kier molecular flexibility index (Phi) is 5.74. The van der Waals surface area contributed by atoms with Gasteiger partial charge in [0.15, 0.2) is 0 Å². The minimum absolute atomic E-state index is 0.129. The van der Waals surface area contributed by atoms with Crippen molar-refractivity contribution in [1.29, 1.82) is 0 Å². The lowest BCUT2D eigenvalue weighted by Gasteiger charge is -2.31. The SMILES string of the molecule is O=C(CN1CCOCC1)NC1CCC(n2cc(-c3cnccn3)cn2)CC1. The molecule has 2 aromatic rings. The fraction of sp³-hybridized carbons (Fsp3) is 0.579. The smallest absolute Gasteiger partial charge is 0.234 e. The van der Waals surface area contributed by atoms with Crippen LogP contribution < -0.4 is 5.32 Å². The zero-order valence-electron chi connectivity index (χ0n) is 15.5. The summed E-state index contributed by atoms with van der Waals surface area (Å²) in [5.74, 6) is 0.129. The van der Waals surface area contributed by atoms with E-state index in [4.69, 9.17) is 4.74 Å². The fourth-order valence-corrected chi connectivity index (χ4v) is 3.84. The van der Waals surface area contributed by atoms with E-state index in [1.807, 2.05) is 17.1 Å². The summed E-state index contributed by atoms with van der Waals surface area (Å²) in [6, 6.07) is 0.646. The molecule has 1 saturated heterocycles. The predicted octanol–water partition coefficient (Wildman–Crippen LogP) is 1.27. The highest BCUT2D eigenvalue weighted by Crippen LogP contribution is 2.29. The summed E-state index contributed by atoms with van der Waals surface area (Å²) in [5, 5.41) is 7.72. The normalized spacial score (nSPS) is 23.9. The Morgan fingerprint density at radius 1 is 1.15 bits per heavy atom. The molecule has 0 aromatic carbocycles. The molecule has 2 fully saturated rings. The van der Waals surface area contributed by atoms with Gasteiger partial charge in [-0.25, -0.2) is 0 Å². The Morgan fingerprint density at radius 3 is 2.70 bits per heavy atom. The molecule has 1 aliphatic carbocycles. The van der Waals surface area contributed by atoms with Gasteiger partial charge < -0.3 is 10.1 Å². The van der Waals surface area contributed by atoms with E-state index in [1.54, 1.807) is 18.6 Å². The first-order valence-electron chi connectivity index (χ1n) is 9.68. The Bertz CT molecular complexity index is 736. The van der Waals surface area contributed by atoms with Crippen LogP contribution in [0, 0.1) is 0 Å². The summed E-state index contributed by atoms with van der Waals surface area (Å²) in [6.45, 7) is 3.60. The summed E-state index contributed by atoms with van der Waals surface area (Å²) in [6.07, 6.45) is 13.0. The Morgan fingerprint density at radius 2 is 1.96 bits per heavy atom. The molecule has 0 radical (unpaired) electrons. The summed E-state index contributed by atoms with van der Waals surface area (Å²) in [4.78, 5) is 22.9. The monoisotopic (exact) mass is 370 g/mol. The van der Waals surface area contributed by atoms with Crippen molar-refractivity contribution in [3.8, 4) is 11.3 Å². The number of aromatic nitrogens is 4. The topological polar surface area (TPSA) is 85.2 Å². The largest absolute Gasteiger partial charge is 0.379 e. The molecule has 1 amide bonds.